The highest BCUT2D eigenvalue weighted by Crippen LogP contribution is 2.32. The second kappa shape index (κ2) is 10.8. The lowest BCUT2D eigenvalue weighted by Gasteiger charge is -2.24. The van der Waals surface area contributed by atoms with E-state index in [9.17, 15) is 9.18 Å². The number of hydrogen-bond acceptors (Lipinski definition) is 5. The monoisotopic (exact) mass is 427 g/mol. The zero-order chi connectivity index (χ0) is 22.2. The van der Waals surface area contributed by atoms with Gasteiger partial charge in [0.05, 0.1) is 20.3 Å². The molecule has 0 aliphatic carbocycles. The van der Waals surface area contributed by atoms with E-state index in [1.807, 2.05) is 23.2 Å². The van der Waals surface area contributed by atoms with E-state index in [1.165, 1.54) is 6.07 Å². The Morgan fingerprint density at radius 3 is 2.65 bits per heavy atom. The van der Waals surface area contributed by atoms with Gasteiger partial charge in [-0.05, 0) is 30.2 Å². The second-order valence-electron chi connectivity index (χ2n) is 7.53. The fraction of sp³-hybridized carbons (Fsp3) is 0.417. The van der Waals surface area contributed by atoms with Crippen molar-refractivity contribution in [2.45, 2.75) is 45.2 Å². The van der Waals surface area contributed by atoms with E-state index in [4.69, 9.17) is 9.47 Å². The zero-order valence-corrected chi connectivity index (χ0v) is 18.4. The average molecular weight is 428 g/mol. The summed E-state index contributed by atoms with van der Waals surface area (Å²) in [6.07, 6.45) is 3.48. The summed E-state index contributed by atoms with van der Waals surface area (Å²) in [6.45, 7) is 3.16. The normalized spacial score (nSPS) is 15.5. The summed E-state index contributed by atoms with van der Waals surface area (Å²) < 4.78 is 25.0. The number of nitrogens with zero attached hydrogens (tertiary/aromatic N) is 2. The van der Waals surface area contributed by atoms with Crippen LogP contribution >= 0.6 is 0 Å². The highest BCUT2D eigenvalue weighted by Gasteiger charge is 2.32. The van der Waals surface area contributed by atoms with Crippen LogP contribution in [0.1, 0.15) is 49.8 Å². The van der Waals surface area contributed by atoms with Gasteiger partial charge in [-0.15, -0.1) is 0 Å². The number of unbranched alkanes of at least 4 members (excludes halogenated alkanes) is 2. The van der Waals surface area contributed by atoms with Crippen LogP contribution in [-0.2, 0) is 11.3 Å². The minimum atomic E-state index is -0.268. The van der Waals surface area contributed by atoms with E-state index >= 15 is 0 Å². The number of benzene rings is 2. The van der Waals surface area contributed by atoms with Crippen LogP contribution in [0.2, 0.25) is 0 Å². The third-order valence-corrected chi connectivity index (χ3v) is 5.41. The Morgan fingerprint density at radius 2 is 1.94 bits per heavy atom. The molecule has 0 bridgehead atoms. The van der Waals surface area contributed by atoms with E-state index < -0.39 is 0 Å². The number of methoxy groups -OCH3 is 2. The van der Waals surface area contributed by atoms with Gasteiger partial charge in [0.2, 0.25) is 0 Å². The quantitative estimate of drug-likeness (QED) is 0.569. The molecule has 6 nitrogen and oxygen atoms in total. The lowest BCUT2D eigenvalue weighted by atomic mass is 10.0. The summed E-state index contributed by atoms with van der Waals surface area (Å²) in [5, 5.41) is 9.34. The largest absolute Gasteiger partial charge is 0.493 e. The molecule has 0 saturated carbocycles. The lowest BCUT2D eigenvalue weighted by Crippen LogP contribution is -2.29. The Kier molecular flexibility index (Phi) is 7.87. The van der Waals surface area contributed by atoms with Gasteiger partial charge in [0.1, 0.15) is 11.5 Å². The van der Waals surface area contributed by atoms with Crippen molar-refractivity contribution < 1.29 is 18.7 Å². The van der Waals surface area contributed by atoms with E-state index in [0.717, 1.165) is 24.8 Å². The van der Waals surface area contributed by atoms with Crippen molar-refractivity contribution in [3.8, 4) is 11.5 Å². The van der Waals surface area contributed by atoms with E-state index in [2.05, 4.69) is 17.3 Å². The molecule has 3 rings (SSSR count). The Hall–Kier alpha value is -3.09. The van der Waals surface area contributed by atoms with Crippen LogP contribution in [0.3, 0.4) is 0 Å². The van der Waals surface area contributed by atoms with Gasteiger partial charge in [-0.2, -0.15) is 5.10 Å². The summed E-state index contributed by atoms with van der Waals surface area (Å²) >= 11 is 0. The minimum Gasteiger partial charge on any atom is -0.493 e. The van der Waals surface area contributed by atoms with Crippen molar-refractivity contribution >= 4 is 11.6 Å². The van der Waals surface area contributed by atoms with Crippen LogP contribution in [0.4, 0.5) is 4.39 Å². The van der Waals surface area contributed by atoms with Crippen LogP contribution in [-0.4, -0.2) is 37.4 Å². The van der Waals surface area contributed by atoms with Gasteiger partial charge in [0, 0.05) is 25.1 Å². The molecule has 1 amide bonds. The van der Waals surface area contributed by atoms with Crippen molar-refractivity contribution in [3.63, 3.8) is 0 Å². The lowest BCUT2D eigenvalue weighted by molar-refractivity contribution is -0.115. The highest BCUT2D eigenvalue weighted by molar-refractivity contribution is 6.39. The van der Waals surface area contributed by atoms with Crippen LogP contribution in [0.25, 0.3) is 0 Å². The molecule has 166 valence electrons. The maximum atomic E-state index is 14.4. The molecule has 7 heteroatoms. The molecule has 1 aliphatic heterocycles. The number of amides is 1. The first-order valence-corrected chi connectivity index (χ1v) is 10.6. The number of hydrazone groups is 1. The predicted molar refractivity (Wildman–Crippen MR) is 119 cm³/mol. The third kappa shape index (κ3) is 5.54. The SMILES string of the molecule is CCCCCN1N=C(C(=O)NCc2ccc(OC)c(OC)c2)CC1c1ccccc1F. The second-order valence-corrected chi connectivity index (χ2v) is 7.53. The summed E-state index contributed by atoms with van der Waals surface area (Å²) in [5.74, 6) is 0.728. The number of rotatable bonds is 10. The molecule has 1 heterocycles. The number of carbonyl (C=O) groups excluding carboxylic acids is 1. The van der Waals surface area contributed by atoms with Crippen molar-refractivity contribution in [2.24, 2.45) is 5.10 Å². The number of ether oxygens (including phenoxy) is 2. The van der Waals surface area contributed by atoms with Crippen LogP contribution < -0.4 is 14.8 Å². The molecule has 0 fully saturated rings. The number of carbonyl (C=O) groups is 1. The van der Waals surface area contributed by atoms with Crippen LogP contribution in [0.15, 0.2) is 47.6 Å². The minimum absolute atomic E-state index is 0.242. The Bertz CT molecular complexity index is 932. The maximum Gasteiger partial charge on any atom is 0.267 e. The molecular weight excluding hydrogens is 397 g/mol. The molecule has 1 aliphatic rings. The van der Waals surface area contributed by atoms with Crippen molar-refractivity contribution in [2.75, 3.05) is 20.8 Å². The highest BCUT2D eigenvalue weighted by atomic mass is 19.1. The third-order valence-electron chi connectivity index (χ3n) is 5.41. The van der Waals surface area contributed by atoms with Gasteiger partial charge in [0.25, 0.3) is 5.91 Å². The van der Waals surface area contributed by atoms with Crippen LogP contribution in [0, 0.1) is 5.82 Å². The Labute approximate surface area is 183 Å². The topological polar surface area (TPSA) is 63.2 Å². The number of nitrogens with one attached hydrogen (secondary N) is 1. The molecule has 31 heavy (non-hydrogen) atoms. The first-order chi connectivity index (χ1) is 15.1. The van der Waals surface area contributed by atoms with Gasteiger partial charge in [0.15, 0.2) is 11.5 Å². The fourth-order valence-electron chi connectivity index (χ4n) is 3.71. The van der Waals surface area contributed by atoms with Gasteiger partial charge >= 0.3 is 0 Å². The first-order valence-electron chi connectivity index (χ1n) is 10.6. The van der Waals surface area contributed by atoms with Crippen molar-refractivity contribution in [1.82, 2.24) is 10.3 Å². The van der Waals surface area contributed by atoms with E-state index in [1.54, 1.807) is 32.4 Å². The Morgan fingerprint density at radius 1 is 1.16 bits per heavy atom. The predicted octanol–water partition coefficient (Wildman–Crippen LogP) is 4.45. The molecule has 0 saturated heterocycles. The molecular formula is C24H30FN3O3. The summed E-state index contributed by atoms with van der Waals surface area (Å²) in [6, 6.07) is 12.0. The average Bonchev–Trinajstić information content (AvgIpc) is 3.21. The number of hydrogen-bond donors (Lipinski definition) is 1. The van der Waals surface area contributed by atoms with Crippen LogP contribution in [0.5, 0.6) is 11.5 Å². The summed E-state index contributed by atoms with van der Waals surface area (Å²) in [7, 11) is 3.15. The standard InChI is InChI=1S/C24H30FN3O3/c1-4-5-8-13-28-21(18-9-6-7-10-19(18)25)15-20(27-28)24(29)26-16-17-11-12-22(30-2)23(14-17)31-3/h6-7,9-12,14,21H,4-5,8,13,15-16H2,1-3H3,(H,26,29). The first kappa shape index (κ1) is 22.6. The van der Waals surface area contributed by atoms with Gasteiger partial charge in [-0.3, -0.25) is 9.80 Å². The molecule has 1 N–H and O–H groups in total. The molecule has 2 aromatic carbocycles. The van der Waals surface area contributed by atoms with E-state index in [0.29, 0.717) is 42.3 Å². The molecule has 0 aromatic heterocycles. The maximum absolute atomic E-state index is 14.4. The molecule has 0 spiro atoms. The smallest absolute Gasteiger partial charge is 0.267 e. The molecule has 2 aromatic rings. The summed E-state index contributed by atoms with van der Waals surface area (Å²) in [4.78, 5) is 12.8. The Balaban J connectivity index is 1.69. The summed E-state index contributed by atoms with van der Waals surface area (Å²) in [5.41, 5.74) is 1.88. The van der Waals surface area contributed by atoms with Gasteiger partial charge in [-0.1, -0.05) is 44.0 Å². The van der Waals surface area contributed by atoms with Gasteiger partial charge in [-0.25, -0.2) is 4.39 Å². The van der Waals surface area contributed by atoms with Crippen molar-refractivity contribution in [1.29, 1.82) is 0 Å². The fourth-order valence-corrected chi connectivity index (χ4v) is 3.71. The molecule has 1 atom stereocenters. The zero-order valence-electron chi connectivity index (χ0n) is 18.4. The number of halogens is 1. The van der Waals surface area contributed by atoms with Crippen molar-refractivity contribution in [3.05, 3.63) is 59.4 Å². The van der Waals surface area contributed by atoms with Gasteiger partial charge < -0.3 is 14.8 Å². The molecule has 1 unspecified atom stereocenters. The molecule has 0 radical (unpaired) electrons. The van der Waals surface area contributed by atoms with E-state index in [-0.39, 0.29) is 17.8 Å².